The summed E-state index contributed by atoms with van der Waals surface area (Å²) in [5.41, 5.74) is 2.30. The fourth-order valence-corrected chi connectivity index (χ4v) is 4.22. The number of aliphatic hydroxyl groups is 1. The third-order valence-electron chi connectivity index (χ3n) is 5.90. The van der Waals surface area contributed by atoms with Gasteiger partial charge in [0, 0.05) is 24.5 Å². The number of hydrogen-bond acceptors (Lipinski definition) is 7. The first-order chi connectivity index (χ1) is 16.8. The summed E-state index contributed by atoms with van der Waals surface area (Å²) in [4.78, 5) is 32.0. The predicted octanol–water partition coefficient (Wildman–Crippen LogP) is 4.12. The molecular formula is C27H26N2O6. The van der Waals surface area contributed by atoms with Crippen molar-refractivity contribution < 1.29 is 29.3 Å². The predicted molar refractivity (Wildman–Crippen MR) is 129 cm³/mol. The van der Waals surface area contributed by atoms with E-state index < -0.39 is 17.7 Å². The van der Waals surface area contributed by atoms with Gasteiger partial charge >= 0.3 is 0 Å². The van der Waals surface area contributed by atoms with Crippen LogP contribution in [0.1, 0.15) is 35.2 Å². The molecule has 2 aromatic carbocycles. The van der Waals surface area contributed by atoms with Crippen LogP contribution in [0.5, 0.6) is 17.2 Å². The molecule has 0 aliphatic carbocycles. The Bertz CT molecular complexity index is 1300. The van der Waals surface area contributed by atoms with Gasteiger partial charge in [0.15, 0.2) is 11.5 Å². The molecule has 1 atom stereocenters. The van der Waals surface area contributed by atoms with Crippen LogP contribution in [0.2, 0.25) is 0 Å². The quantitative estimate of drug-likeness (QED) is 0.301. The number of aromatic nitrogens is 1. The second-order valence-corrected chi connectivity index (χ2v) is 8.13. The minimum absolute atomic E-state index is 0.0414. The number of carbonyl (C=O) groups is 2. The molecule has 1 saturated heterocycles. The Morgan fingerprint density at radius 1 is 1.14 bits per heavy atom. The van der Waals surface area contributed by atoms with Crippen LogP contribution in [-0.4, -0.2) is 45.5 Å². The van der Waals surface area contributed by atoms with Gasteiger partial charge < -0.3 is 24.6 Å². The number of pyridine rings is 1. The first-order valence-corrected chi connectivity index (χ1v) is 11.1. The molecule has 0 bridgehead atoms. The average molecular weight is 475 g/mol. The van der Waals surface area contributed by atoms with Gasteiger partial charge in [-0.1, -0.05) is 12.1 Å². The van der Waals surface area contributed by atoms with Crippen molar-refractivity contribution in [2.75, 3.05) is 13.7 Å². The van der Waals surface area contributed by atoms with Crippen molar-refractivity contribution in [1.29, 1.82) is 0 Å². The van der Waals surface area contributed by atoms with E-state index >= 15 is 0 Å². The fraction of sp³-hybridized carbons (Fsp3) is 0.222. The molecule has 8 heteroatoms. The van der Waals surface area contributed by atoms with Crippen LogP contribution in [0.15, 0.2) is 66.5 Å². The number of amides is 1. The number of rotatable bonds is 7. The molecule has 4 rings (SSSR count). The topological polar surface area (TPSA) is 109 Å². The highest BCUT2D eigenvalue weighted by Gasteiger charge is 2.46. The zero-order valence-corrected chi connectivity index (χ0v) is 19.7. The molecule has 1 aliphatic rings. The number of aromatic hydroxyl groups is 1. The highest BCUT2D eigenvalue weighted by molar-refractivity contribution is 6.46. The maximum Gasteiger partial charge on any atom is 0.295 e. The fourth-order valence-electron chi connectivity index (χ4n) is 4.22. The standard InChI is InChI=1S/C27H26N2O6/c1-4-35-22-13-18(7-10-21(22)30)24-23(25(31)20-9-8-19(34-3)12-16(20)2)26(32)27(33)29(24)15-17-6-5-11-28-14-17/h5-14,24,30-31H,4,15H2,1-3H3/t24-/m0/s1. The number of aryl methyl sites for hydroxylation is 1. The molecule has 8 nitrogen and oxygen atoms in total. The van der Waals surface area contributed by atoms with Gasteiger partial charge in [0.1, 0.15) is 11.5 Å². The molecule has 1 amide bonds. The lowest BCUT2D eigenvalue weighted by Gasteiger charge is -2.26. The number of methoxy groups -OCH3 is 1. The number of aliphatic hydroxyl groups excluding tert-OH is 1. The minimum atomic E-state index is -0.906. The van der Waals surface area contributed by atoms with Gasteiger partial charge in [0.25, 0.3) is 11.7 Å². The molecule has 1 fully saturated rings. The molecule has 180 valence electrons. The molecule has 0 saturated carbocycles. The maximum atomic E-state index is 13.3. The molecule has 2 heterocycles. The number of ketones is 1. The first kappa shape index (κ1) is 23.8. The van der Waals surface area contributed by atoms with Crippen LogP contribution in [-0.2, 0) is 16.1 Å². The Labute approximate surface area is 203 Å². The van der Waals surface area contributed by atoms with Crippen LogP contribution in [0, 0.1) is 6.92 Å². The lowest BCUT2D eigenvalue weighted by molar-refractivity contribution is -0.140. The normalized spacial score (nSPS) is 17.0. The third kappa shape index (κ3) is 4.55. The summed E-state index contributed by atoms with van der Waals surface area (Å²) in [7, 11) is 1.54. The maximum absolute atomic E-state index is 13.3. The van der Waals surface area contributed by atoms with Gasteiger partial charge in [-0.05, 0) is 66.9 Å². The van der Waals surface area contributed by atoms with Gasteiger partial charge in [-0.25, -0.2) is 0 Å². The molecule has 0 spiro atoms. The van der Waals surface area contributed by atoms with E-state index in [4.69, 9.17) is 9.47 Å². The summed E-state index contributed by atoms with van der Waals surface area (Å²) >= 11 is 0. The number of benzene rings is 2. The van der Waals surface area contributed by atoms with Gasteiger partial charge in [-0.2, -0.15) is 0 Å². The van der Waals surface area contributed by atoms with Crippen molar-refractivity contribution in [3.8, 4) is 17.2 Å². The van der Waals surface area contributed by atoms with Gasteiger partial charge in [0.2, 0.25) is 0 Å². The summed E-state index contributed by atoms with van der Waals surface area (Å²) in [5.74, 6) is -1.06. The van der Waals surface area contributed by atoms with Gasteiger partial charge in [0.05, 0.1) is 25.3 Å². The summed E-state index contributed by atoms with van der Waals surface area (Å²) in [6, 6.07) is 12.4. The van der Waals surface area contributed by atoms with E-state index in [9.17, 15) is 19.8 Å². The second kappa shape index (κ2) is 9.89. The number of nitrogens with zero attached hydrogens (tertiary/aromatic N) is 2. The summed E-state index contributed by atoms with van der Waals surface area (Å²) < 4.78 is 10.8. The summed E-state index contributed by atoms with van der Waals surface area (Å²) in [5, 5.41) is 21.5. The van der Waals surface area contributed by atoms with Crippen LogP contribution >= 0.6 is 0 Å². The van der Waals surface area contributed by atoms with Crippen molar-refractivity contribution in [3.05, 3.63) is 88.8 Å². The van der Waals surface area contributed by atoms with Gasteiger partial charge in [-0.3, -0.25) is 14.6 Å². The number of Topliss-reactive ketones (excluding diaryl/α,β-unsaturated/α-hetero) is 1. The van der Waals surface area contributed by atoms with Crippen molar-refractivity contribution in [1.82, 2.24) is 9.88 Å². The molecule has 0 radical (unpaired) electrons. The van der Waals surface area contributed by atoms with E-state index in [1.807, 2.05) is 0 Å². The largest absolute Gasteiger partial charge is 0.507 e. The van der Waals surface area contributed by atoms with Crippen molar-refractivity contribution >= 4 is 17.4 Å². The SMILES string of the molecule is CCOc1cc([C@H]2C(=C(O)c3ccc(OC)cc3C)C(=O)C(=O)N2Cc2cccnc2)ccc1O. The highest BCUT2D eigenvalue weighted by Crippen LogP contribution is 2.43. The Kier molecular flexibility index (Phi) is 6.73. The zero-order chi connectivity index (χ0) is 25.1. The molecule has 35 heavy (non-hydrogen) atoms. The van der Waals surface area contributed by atoms with Crippen molar-refractivity contribution in [2.45, 2.75) is 26.4 Å². The lowest BCUT2D eigenvalue weighted by atomic mass is 9.93. The van der Waals surface area contributed by atoms with E-state index in [1.54, 1.807) is 75.8 Å². The van der Waals surface area contributed by atoms with Crippen molar-refractivity contribution in [3.63, 3.8) is 0 Å². The second-order valence-electron chi connectivity index (χ2n) is 8.13. The summed E-state index contributed by atoms with van der Waals surface area (Å²) in [6.07, 6.45) is 3.24. The highest BCUT2D eigenvalue weighted by atomic mass is 16.5. The van der Waals surface area contributed by atoms with Crippen molar-refractivity contribution in [2.24, 2.45) is 0 Å². The number of carbonyl (C=O) groups excluding carboxylic acids is 2. The number of ether oxygens (including phenoxy) is 2. The van der Waals surface area contributed by atoms with E-state index in [1.165, 1.54) is 11.0 Å². The molecule has 2 N–H and O–H groups in total. The Balaban J connectivity index is 1.90. The molecule has 3 aromatic rings. The minimum Gasteiger partial charge on any atom is -0.507 e. The average Bonchev–Trinajstić information content (AvgIpc) is 3.10. The van der Waals surface area contributed by atoms with E-state index in [0.29, 0.717) is 29.0 Å². The Morgan fingerprint density at radius 3 is 2.60 bits per heavy atom. The van der Waals surface area contributed by atoms with Crippen LogP contribution in [0.4, 0.5) is 0 Å². The molecule has 1 aromatic heterocycles. The lowest BCUT2D eigenvalue weighted by Crippen LogP contribution is -2.29. The Hall–Kier alpha value is -4.33. The van der Waals surface area contributed by atoms with Crippen LogP contribution in [0.25, 0.3) is 5.76 Å². The monoisotopic (exact) mass is 474 g/mol. The van der Waals surface area contributed by atoms with Crippen LogP contribution < -0.4 is 9.47 Å². The van der Waals surface area contributed by atoms with E-state index in [2.05, 4.69) is 4.98 Å². The first-order valence-electron chi connectivity index (χ1n) is 11.1. The Morgan fingerprint density at radius 2 is 1.94 bits per heavy atom. The molecule has 1 aliphatic heterocycles. The number of likely N-dealkylation sites (tertiary alicyclic amines) is 1. The third-order valence-corrected chi connectivity index (χ3v) is 5.90. The molecular weight excluding hydrogens is 448 g/mol. The summed E-state index contributed by atoms with van der Waals surface area (Å²) in [6.45, 7) is 3.99. The van der Waals surface area contributed by atoms with E-state index in [-0.39, 0.29) is 29.4 Å². The van der Waals surface area contributed by atoms with Crippen LogP contribution in [0.3, 0.4) is 0 Å². The smallest absolute Gasteiger partial charge is 0.295 e. The number of hydrogen-bond donors (Lipinski definition) is 2. The van der Waals surface area contributed by atoms with Gasteiger partial charge in [-0.15, -0.1) is 0 Å². The molecule has 0 unspecified atom stereocenters. The number of phenolic OH excluding ortho intramolecular Hbond substituents is 1. The zero-order valence-electron chi connectivity index (χ0n) is 19.7. The van der Waals surface area contributed by atoms with E-state index in [0.717, 1.165) is 5.56 Å². The number of phenols is 1.